The number of benzene rings is 2. The first-order valence-electron chi connectivity index (χ1n) is 8.05. The van der Waals surface area contributed by atoms with Crippen molar-refractivity contribution in [2.45, 2.75) is 25.4 Å². The molecule has 1 atom stereocenters. The van der Waals surface area contributed by atoms with Gasteiger partial charge < -0.3 is 9.47 Å². The van der Waals surface area contributed by atoms with Crippen LogP contribution in [0.5, 0.6) is 0 Å². The topological polar surface area (TPSA) is 18.5 Å². The molecule has 0 saturated heterocycles. The van der Waals surface area contributed by atoms with E-state index < -0.39 is 0 Å². The Morgan fingerprint density at radius 3 is 1.96 bits per heavy atom. The fraction of sp³-hybridized carbons (Fsp3) is 0.286. The van der Waals surface area contributed by atoms with Gasteiger partial charge in [-0.2, -0.15) is 0 Å². The molecule has 0 heterocycles. The first-order valence-corrected chi connectivity index (χ1v) is 8.05. The molecule has 2 aromatic rings. The molecule has 1 unspecified atom stereocenters. The van der Waals surface area contributed by atoms with Crippen LogP contribution in [0, 0.1) is 6.61 Å². The first-order chi connectivity index (χ1) is 11.3. The molecular weight excluding hydrogens is 284 g/mol. The minimum absolute atomic E-state index is 0.0605. The van der Waals surface area contributed by atoms with Crippen LogP contribution < -0.4 is 0 Å². The van der Waals surface area contributed by atoms with Crippen molar-refractivity contribution in [2.24, 2.45) is 0 Å². The molecule has 23 heavy (non-hydrogen) atoms. The Bertz CT molecular complexity index is 534. The van der Waals surface area contributed by atoms with E-state index in [0.717, 1.165) is 19.3 Å². The lowest BCUT2D eigenvalue weighted by atomic mass is 9.96. The number of ether oxygens (including phenoxy) is 2. The van der Waals surface area contributed by atoms with Gasteiger partial charge in [0.25, 0.3) is 0 Å². The number of hydrogen-bond acceptors (Lipinski definition) is 2. The summed E-state index contributed by atoms with van der Waals surface area (Å²) in [6.45, 7) is 1.75. The Kier molecular flexibility index (Phi) is 7.58. The first kappa shape index (κ1) is 17.5. The van der Waals surface area contributed by atoms with E-state index in [1.807, 2.05) is 0 Å². The lowest BCUT2D eigenvalue weighted by Crippen LogP contribution is -2.11. The van der Waals surface area contributed by atoms with Crippen molar-refractivity contribution in [3.8, 4) is 0 Å². The largest absolute Gasteiger partial charge is 0.379 e. The van der Waals surface area contributed by atoms with Crippen LogP contribution in [-0.2, 0) is 9.47 Å². The van der Waals surface area contributed by atoms with E-state index in [-0.39, 0.29) is 6.10 Å². The summed E-state index contributed by atoms with van der Waals surface area (Å²) in [5.74, 6) is 0. The summed E-state index contributed by atoms with van der Waals surface area (Å²) in [6.07, 6.45) is 5.41. The van der Waals surface area contributed by atoms with Crippen LogP contribution in [0.15, 0.2) is 66.7 Å². The molecule has 0 aromatic heterocycles. The Morgan fingerprint density at radius 1 is 0.913 bits per heavy atom. The number of unbranched alkanes of at least 4 members (excludes halogenated alkanes) is 1. The van der Waals surface area contributed by atoms with Gasteiger partial charge in [-0.3, -0.25) is 0 Å². The zero-order chi connectivity index (χ0) is 16.3. The monoisotopic (exact) mass is 309 g/mol. The molecule has 0 spiro atoms. The Labute approximate surface area is 139 Å². The summed E-state index contributed by atoms with van der Waals surface area (Å²) < 4.78 is 10.4. The lowest BCUT2D eigenvalue weighted by molar-refractivity contribution is 0.0644. The maximum Gasteiger partial charge on any atom is 0.112 e. The normalized spacial score (nSPS) is 11.9. The van der Waals surface area contributed by atoms with Crippen molar-refractivity contribution < 1.29 is 9.47 Å². The average molecular weight is 309 g/mol. The SMILES string of the molecule is CO[CH]C(CCCC=C(c1ccccc1)c1ccccc1)OC. The van der Waals surface area contributed by atoms with Gasteiger partial charge in [-0.25, -0.2) is 0 Å². The van der Waals surface area contributed by atoms with Crippen LogP contribution in [0.2, 0.25) is 0 Å². The van der Waals surface area contributed by atoms with E-state index in [1.54, 1.807) is 20.8 Å². The Hall–Kier alpha value is -1.90. The second kappa shape index (κ2) is 9.98. The van der Waals surface area contributed by atoms with Gasteiger partial charge in [0.1, 0.15) is 6.61 Å². The quantitative estimate of drug-likeness (QED) is 0.599. The van der Waals surface area contributed by atoms with E-state index in [2.05, 4.69) is 66.7 Å². The summed E-state index contributed by atoms with van der Waals surface area (Å²) in [5.41, 5.74) is 3.80. The minimum atomic E-state index is 0.0605. The fourth-order valence-electron chi connectivity index (χ4n) is 2.60. The molecule has 0 aliphatic carbocycles. The molecule has 2 heteroatoms. The van der Waals surface area contributed by atoms with Crippen LogP contribution in [0.1, 0.15) is 30.4 Å². The summed E-state index contributed by atoms with van der Waals surface area (Å²) in [7, 11) is 3.38. The molecule has 121 valence electrons. The van der Waals surface area contributed by atoms with Crippen molar-refractivity contribution in [1.82, 2.24) is 0 Å². The Balaban J connectivity index is 2.06. The standard InChI is InChI=1S/C21H25O2/c1-22-17-20(23-2)15-9-10-16-21(18-11-5-3-6-12-18)19-13-7-4-8-14-19/h3-8,11-14,16-17,20H,9-10,15H2,1-2H3. The highest BCUT2D eigenvalue weighted by molar-refractivity contribution is 5.79. The van der Waals surface area contributed by atoms with Crippen LogP contribution in [0.25, 0.3) is 5.57 Å². The van der Waals surface area contributed by atoms with Crippen molar-refractivity contribution in [3.63, 3.8) is 0 Å². The van der Waals surface area contributed by atoms with Gasteiger partial charge in [0.2, 0.25) is 0 Å². The molecule has 0 saturated carbocycles. The second-order valence-corrected chi connectivity index (χ2v) is 5.43. The smallest absolute Gasteiger partial charge is 0.112 e. The van der Waals surface area contributed by atoms with Crippen molar-refractivity contribution in [3.05, 3.63) is 84.5 Å². The van der Waals surface area contributed by atoms with Gasteiger partial charge in [0.15, 0.2) is 0 Å². The summed E-state index contributed by atoms with van der Waals surface area (Å²) >= 11 is 0. The molecular formula is C21H25O2. The third-order valence-corrected chi connectivity index (χ3v) is 3.80. The van der Waals surface area contributed by atoms with Crippen LogP contribution in [0.4, 0.5) is 0 Å². The number of allylic oxidation sites excluding steroid dienone is 1. The lowest BCUT2D eigenvalue weighted by Gasteiger charge is -2.13. The maximum absolute atomic E-state index is 5.37. The highest BCUT2D eigenvalue weighted by Crippen LogP contribution is 2.24. The van der Waals surface area contributed by atoms with Crippen LogP contribution in [0.3, 0.4) is 0 Å². The van der Waals surface area contributed by atoms with Crippen molar-refractivity contribution in [1.29, 1.82) is 0 Å². The Morgan fingerprint density at radius 2 is 1.48 bits per heavy atom. The molecule has 2 aromatic carbocycles. The molecule has 0 aliphatic rings. The highest BCUT2D eigenvalue weighted by atomic mass is 16.5. The van der Waals surface area contributed by atoms with Gasteiger partial charge >= 0.3 is 0 Å². The zero-order valence-corrected chi connectivity index (χ0v) is 13.9. The highest BCUT2D eigenvalue weighted by Gasteiger charge is 2.07. The molecule has 2 nitrogen and oxygen atoms in total. The molecule has 0 amide bonds. The second-order valence-electron chi connectivity index (χ2n) is 5.43. The number of methoxy groups -OCH3 is 2. The predicted octanol–water partition coefficient (Wildman–Crippen LogP) is 5.11. The van der Waals surface area contributed by atoms with E-state index in [0.29, 0.717) is 0 Å². The predicted molar refractivity (Wildman–Crippen MR) is 95.9 cm³/mol. The minimum Gasteiger partial charge on any atom is -0.379 e. The molecule has 0 bridgehead atoms. The van der Waals surface area contributed by atoms with Gasteiger partial charge in [-0.1, -0.05) is 66.7 Å². The summed E-state index contributed by atoms with van der Waals surface area (Å²) in [6, 6.07) is 21.1. The van der Waals surface area contributed by atoms with Gasteiger partial charge in [0, 0.05) is 14.2 Å². The zero-order valence-electron chi connectivity index (χ0n) is 13.9. The number of rotatable bonds is 9. The van der Waals surface area contributed by atoms with Gasteiger partial charge in [-0.15, -0.1) is 0 Å². The third kappa shape index (κ3) is 5.66. The molecule has 1 radical (unpaired) electrons. The summed E-state index contributed by atoms with van der Waals surface area (Å²) in [4.78, 5) is 0. The molecule has 0 N–H and O–H groups in total. The van der Waals surface area contributed by atoms with Crippen LogP contribution >= 0.6 is 0 Å². The number of hydrogen-bond donors (Lipinski definition) is 0. The van der Waals surface area contributed by atoms with Crippen LogP contribution in [-0.4, -0.2) is 20.3 Å². The van der Waals surface area contributed by atoms with Crippen molar-refractivity contribution >= 4 is 5.57 Å². The van der Waals surface area contributed by atoms with Crippen molar-refractivity contribution in [2.75, 3.05) is 14.2 Å². The molecule has 2 rings (SSSR count). The molecule has 0 fully saturated rings. The van der Waals surface area contributed by atoms with E-state index in [4.69, 9.17) is 9.47 Å². The van der Waals surface area contributed by atoms with E-state index >= 15 is 0 Å². The van der Waals surface area contributed by atoms with Gasteiger partial charge in [-0.05, 0) is 36.0 Å². The maximum atomic E-state index is 5.37. The average Bonchev–Trinajstić information content (AvgIpc) is 2.62. The fourth-order valence-corrected chi connectivity index (χ4v) is 2.60. The van der Waals surface area contributed by atoms with E-state index in [9.17, 15) is 0 Å². The third-order valence-electron chi connectivity index (χ3n) is 3.80. The summed E-state index contributed by atoms with van der Waals surface area (Å²) in [5, 5.41) is 0. The molecule has 0 aliphatic heterocycles. The van der Waals surface area contributed by atoms with Gasteiger partial charge in [0.05, 0.1) is 6.10 Å². The van der Waals surface area contributed by atoms with E-state index in [1.165, 1.54) is 16.7 Å².